The number of piperidine rings is 1. The van der Waals surface area contributed by atoms with Crippen LogP contribution in [0.5, 0.6) is 17.2 Å². The molecule has 5 atom stereocenters. The lowest BCUT2D eigenvalue weighted by Crippen LogP contribution is -2.68. The highest BCUT2D eigenvalue weighted by atomic mass is 16.6. The van der Waals surface area contributed by atoms with Crippen LogP contribution >= 0.6 is 0 Å². The van der Waals surface area contributed by atoms with E-state index in [1.165, 1.54) is 57.4 Å². The summed E-state index contributed by atoms with van der Waals surface area (Å²) in [6, 6.07) is 12.5. The van der Waals surface area contributed by atoms with Crippen LogP contribution < -0.4 is 9.47 Å². The first-order valence-electron chi connectivity index (χ1n) is 17.7. The fourth-order valence-electron chi connectivity index (χ4n) is 9.34. The lowest BCUT2D eigenvalue weighted by atomic mass is 9.51. The van der Waals surface area contributed by atoms with E-state index in [1.54, 1.807) is 6.07 Å². The Balaban J connectivity index is 1.06. The number of ether oxygens (including phenoxy) is 2. The summed E-state index contributed by atoms with van der Waals surface area (Å²) in [6.45, 7) is 7.09. The van der Waals surface area contributed by atoms with E-state index >= 15 is 0 Å². The Morgan fingerprint density at radius 3 is 2.52 bits per heavy atom. The van der Waals surface area contributed by atoms with Gasteiger partial charge in [-0.1, -0.05) is 74.9 Å². The summed E-state index contributed by atoms with van der Waals surface area (Å²) in [5.74, 6) is 1.14. The van der Waals surface area contributed by atoms with Gasteiger partial charge < -0.3 is 19.5 Å². The number of unbranched alkanes of at least 4 members (excludes halogenated alkanes) is 7. The van der Waals surface area contributed by atoms with E-state index in [0.717, 1.165) is 62.7 Å². The lowest BCUT2D eigenvalue weighted by Gasteiger charge is -2.60. The minimum Gasteiger partial charge on any atom is -0.508 e. The summed E-state index contributed by atoms with van der Waals surface area (Å²) in [7, 11) is 1.95. The molecule has 2 fully saturated rings. The van der Waals surface area contributed by atoms with E-state index in [4.69, 9.17) is 9.47 Å². The number of phenolic OH excluding ortho intramolecular Hbond substituents is 1. The molecular weight excluding hydrogens is 576 g/mol. The van der Waals surface area contributed by atoms with Crippen LogP contribution in [0.15, 0.2) is 49.1 Å². The minimum absolute atomic E-state index is 0.0723. The molecule has 1 saturated heterocycles. The van der Waals surface area contributed by atoms with Crippen molar-refractivity contribution < 1.29 is 24.2 Å². The van der Waals surface area contributed by atoms with Gasteiger partial charge in [0.2, 0.25) is 5.91 Å². The van der Waals surface area contributed by atoms with Gasteiger partial charge in [0.25, 0.3) is 0 Å². The van der Waals surface area contributed by atoms with Crippen LogP contribution in [0.25, 0.3) is 0 Å². The Morgan fingerprint density at radius 1 is 1.09 bits per heavy atom. The van der Waals surface area contributed by atoms with Gasteiger partial charge in [-0.25, -0.2) is 0 Å². The molecule has 0 aromatic heterocycles. The third kappa shape index (κ3) is 6.20. The number of carbonyl (C=O) groups excluding carboxylic acids is 2. The molecule has 1 N–H and O–H groups in total. The number of nitrogens with zero attached hydrogens (tertiary/aromatic N) is 2. The maximum absolute atomic E-state index is 13.6. The number of benzene rings is 2. The second-order valence-electron chi connectivity index (χ2n) is 14.1. The third-order valence-electron chi connectivity index (χ3n) is 11.4. The molecule has 2 aromatic carbocycles. The maximum atomic E-state index is 13.6. The standard InChI is InChI=1S/C39H52N2O5/c1-4-23-41-24-22-39-30-20-21-31(38(39)46-37-34(45-27(2)42)26-33(43)29(36(37)39)25-32(30)41)40(3)35(44)19-15-10-8-6-5-7-9-12-16-28-17-13-11-14-18-28/h4,11,13-14,17-18,26,30-32,38,43H,1,5-10,12,15-16,19-25H2,2-3H3/t30-,31-,32+,38-,39-/m0/s1. The van der Waals surface area contributed by atoms with E-state index in [1.807, 2.05) is 18.0 Å². The first-order valence-corrected chi connectivity index (χ1v) is 17.7. The molecule has 0 radical (unpaired) electrons. The molecule has 6 rings (SSSR count). The third-order valence-corrected chi connectivity index (χ3v) is 11.4. The fourth-order valence-corrected chi connectivity index (χ4v) is 9.34. The van der Waals surface area contributed by atoms with Gasteiger partial charge in [-0.15, -0.1) is 6.58 Å². The highest BCUT2D eigenvalue weighted by Gasteiger charge is 2.67. The van der Waals surface area contributed by atoms with Crippen molar-refractivity contribution in [1.29, 1.82) is 0 Å². The van der Waals surface area contributed by atoms with E-state index in [9.17, 15) is 14.7 Å². The zero-order valence-electron chi connectivity index (χ0n) is 27.8. The fraction of sp³-hybridized carbons (Fsp3) is 0.590. The van der Waals surface area contributed by atoms with Crippen LogP contribution in [-0.4, -0.2) is 65.1 Å². The first-order chi connectivity index (χ1) is 22.3. The van der Waals surface area contributed by atoms with Gasteiger partial charge in [-0.2, -0.15) is 0 Å². The van der Waals surface area contributed by atoms with Crippen molar-refractivity contribution in [3.63, 3.8) is 0 Å². The normalized spacial score (nSPS) is 25.8. The number of esters is 1. The smallest absolute Gasteiger partial charge is 0.308 e. The van der Waals surface area contributed by atoms with Crippen molar-refractivity contribution in [2.24, 2.45) is 5.92 Å². The van der Waals surface area contributed by atoms with Crippen LogP contribution in [0.3, 0.4) is 0 Å². The average Bonchev–Trinajstić information content (AvgIpc) is 3.39. The summed E-state index contributed by atoms with van der Waals surface area (Å²) in [5.41, 5.74) is 3.05. The molecule has 2 aliphatic heterocycles. The van der Waals surface area contributed by atoms with Gasteiger partial charge in [-0.3, -0.25) is 14.5 Å². The topological polar surface area (TPSA) is 79.3 Å². The van der Waals surface area contributed by atoms with Crippen LogP contribution in [-0.2, 0) is 27.8 Å². The first kappa shape index (κ1) is 32.6. The Hall–Kier alpha value is -3.32. The molecule has 4 aliphatic rings. The number of amides is 1. The minimum atomic E-state index is -0.440. The second-order valence-corrected chi connectivity index (χ2v) is 14.1. The molecule has 7 nitrogen and oxygen atoms in total. The van der Waals surface area contributed by atoms with E-state index < -0.39 is 5.97 Å². The zero-order valence-corrected chi connectivity index (χ0v) is 27.8. The average molecular weight is 629 g/mol. The maximum Gasteiger partial charge on any atom is 0.308 e. The lowest BCUT2D eigenvalue weighted by molar-refractivity contribution is -0.140. The number of likely N-dealkylation sites (tertiary alicyclic amines) is 1. The monoisotopic (exact) mass is 628 g/mol. The molecule has 248 valence electrons. The van der Waals surface area contributed by atoms with E-state index in [0.29, 0.717) is 23.8 Å². The molecule has 2 heterocycles. The predicted molar refractivity (Wildman–Crippen MR) is 180 cm³/mol. The number of rotatable bonds is 15. The molecule has 0 unspecified atom stereocenters. The number of hydrogen-bond acceptors (Lipinski definition) is 6. The zero-order chi connectivity index (χ0) is 32.3. The molecule has 1 spiro atoms. The van der Waals surface area contributed by atoms with Crippen LogP contribution in [0.1, 0.15) is 101 Å². The molecular formula is C39H52N2O5. The van der Waals surface area contributed by atoms with Crippen LogP contribution in [0.4, 0.5) is 0 Å². The van der Waals surface area contributed by atoms with E-state index in [2.05, 4.69) is 41.8 Å². The highest BCUT2D eigenvalue weighted by molar-refractivity contribution is 5.77. The molecule has 7 heteroatoms. The summed E-state index contributed by atoms with van der Waals surface area (Å²) < 4.78 is 12.4. The Morgan fingerprint density at radius 2 is 1.80 bits per heavy atom. The van der Waals surface area contributed by atoms with Crippen molar-refractivity contribution in [1.82, 2.24) is 9.80 Å². The Bertz CT molecular complexity index is 1410. The van der Waals surface area contributed by atoms with Crippen molar-refractivity contribution in [3.05, 3.63) is 65.7 Å². The number of carbonyl (C=O) groups is 2. The molecule has 2 aromatic rings. The molecule has 2 aliphatic carbocycles. The summed E-state index contributed by atoms with van der Waals surface area (Å²) in [4.78, 5) is 30.1. The quantitative estimate of drug-likeness (QED) is 0.0979. The number of aryl methyl sites for hydroxylation is 1. The summed E-state index contributed by atoms with van der Waals surface area (Å²) >= 11 is 0. The number of likely N-dealkylation sites (N-methyl/N-ethyl adjacent to an activating group) is 1. The van der Waals surface area contributed by atoms with Crippen LogP contribution in [0.2, 0.25) is 0 Å². The van der Waals surface area contributed by atoms with Crippen molar-refractivity contribution in [3.8, 4) is 17.2 Å². The largest absolute Gasteiger partial charge is 0.508 e. The van der Waals surface area contributed by atoms with Gasteiger partial charge in [0, 0.05) is 55.6 Å². The number of phenols is 1. The van der Waals surface area contributed by atoms with Gasteiger partial charge >= 0.3 is 5.97 Å². The SMILES string of the molecule is C=CCN1CC[C@]23c4c5c(O)cc(OC(C)=O)c4O[C@H]2[C@@H](N(C)C(=O)CCCCCCCCCCc2ccccc2)CC[C@H]3[C@H]1C5. The number of aromatic hydroxyl groups is 1. The molecule has 2 bridgehead atoms. The van der Waals surface area contributed by atoms with Gasteiger partial charge in [-0.05, 0) is 63.0 Å². The van der Waals surface area contributed by atoms with Crippen molar-refractivity contribution in [2.45, 2.75) is 120 Å². The van der Waals surface area contributed by atoms with Gasteiger partial charge in [0.1, 0.15) is 11.9 Å². The Kier molecular flexibility index (Phi) is 10.1. The van der Waals surface area contributed by atoms with E-state index in [-0.39, 0.29) is 35.3 Å². The molecule has 46 heavy (non-hydrogen) atoms. The van der Waals surface area contributed by atoms with Gasteiger partial charge in [0.05, 0.1) is 6.04 Å². The van der Waals surface area contributed by atoms with Crippen molar-refractivity contribution in [2.75, 3.05) is 20.1 Å². The number of hydrogen-bond donors (Lipinski definition) is 1. The molecule has 1 saturated carbocycles. The summed E-state index contributed by atoms with van der Waals surface area (Å²) in [5, 5.41) is 11.2. The summed E-state index contributed by atoms with van der Waals surface area (Å²) in [6.07, 6.45) is 16.4. The van der Waals surface area contributed by atoms with Gasteiger partial charge in [0.15, 0.2) is 11.5 Å². The second kappa shape index (κ2) is 14.2. The Labute approximate surface area is 274 Å². The van der Waals surface area contributed by atoms with Crippen molar-refractivity contribution >= 4 is 11.9 Å². The molecule has 1 amide bonds. The predicted octanol–water partition coefficient (Wildman–Crippen LogP) is 7.12. The highest BCUT2D eigenvalue weighted by Crippen LogP contribution is 2.65. The van der Waals surface area contributed by atoms with Crippen LogP contribution in [0, 0.1) is 5.92 Å².